The van der Waals surface area contributed by atoms with Gasteiger partial charge in [0.05, 0.1) is 37.9 Å². The molecule has 0 aromatic heterocycles. The number of aliphatic hydroxyl groups excluding tert-OH is 2. The van der Waals surface area contributed by atoms with E-state index < -0.39 is 38.6 Å². The molecule has 312 valence electrons. The Morgan fingerprint density at radius 2 is 1.08 bits per heavy atom. The van der Waals surface area contributed by atoms with Gasteiger partial charge in [-0.2, -0.15) is 0 Å². The van der Waals surface area contributed by atoms with Gasteiger partial charge in [-0.25, -0.2) is 4.57 Å². The van der Waals surface area contributed by atoms with Crippen LogP contribution in [0.4, 0.5) is 0 Å². The quantitative estimate of drug-likeness (QED) is 0.0235. The fraction of sp³-hybridized carbons (Fsp3) is 0.837. The van der Waals surface area contributed by atoms with E-state index in [0.29, 0.717) is 12.8 Å². The van der Waals surface area contributed by atoms with Crippen molar-refractivity contribution in [2.24, 2.45) is 5.73 Å². The highest BCUT2D eigenvalue weighted by molar-refractivity contribution is 7.47. The van der Waals surface area contributed by atoms with Crippen molar-refractivity contribution < 1.29 is 33.5 Å². The standard InChI is InChI=1S/C43H83N2O7P/c1-3-5-7-9-11-13-15-17-18-19-20-21-23-24-26-28-30-32-34-40(46)38-43(48)45-41(39-52-53(49,50)51-37-36-44)42(47)35-33-31-29-27-25-22-16-14-12-10-8-6-4-2/h20-21,25,27,33,35,40-42,46-47H,3-19,22-24,26,28-32,34,36-39,44H2,1-2H3,(H,45,48)(H,49,50)/b21-20-,27-25+,35-33+. The molecule has 6 N–H and O–H groups in total. The van der Waals surface area contributed by atoms with Crippen molar-refractivity contribution in [3.05, 3.63) is 36.5 Å². The van der Waals surface area contributed by atoms with Gasteiger partial charge < -0.3 is 26.2 Å². The minimum atomic E-state index is -4.41. The maximum absolute atomic E-state index is 12.8. The van der Waals surface area contributed by atoms with Crippen molar-refractivity contribution in [2.75, 3.05) is 19.8 Å². The average Bonchev–Trinajstić information content (AvgIpc) is 3.13. The second kappa shape index (κ2) is 38.9. The third-order valence-electron chi connectivity index (χ3n) is 9.49. The highest BCUT2D eigenvalue weighted by atomic mass is 31.2. The molecule has 0 aliphatic rings. The number of allylic oxidation sites excluding steroid dienone is 5. The largest absolute Gasteiger partial charge is 0.472 e. The molecule has 53 heavy (non-hydrogen) atoms. The minimum absolute atomic E-state index is 0.0433. The molecule has 0 fully saturated rings. The van der Waals surface area contributed by atoms with Crippen LogP contribution in [0, 0.1) is 0 Å². The maximum atomic E-state index is 12.8. The molecule has 4 atom stereocenters. The zero-order valence-electron chi connectivity index (χ0n) is 34.1. The van der Waals surface area contributed by atoms with Crippen LogP contribution < -0.4 is 11.1 Å². The molecular formula is C43H83N2O7P. The van der Waals surface area contributed by atoms with E-state index in [-0.39, 0.29) is 19.6 Å². The van der Waals surface area contributed by atoms with E-state index in [9.17, 15) is 24.5 Å². The Bertz CT molecular complexity index is 946. The van der Waals surface area contributed by atoms with Gasteiger partial charge >= 0.3 is 7.82 Å². The van der Waals surface area contributed by atoms with Crippen LogP contribution in [0.3, 0.4) is 0 Å². The molecule has 0 saturated heterocycles. The molecule has 0 rings (SSSR count). The van der Waals surface area contributed by atoms with E-state index in [1.807, 2.05) is 6.08 Å². The first-order chi connectivity index (χ1) is 25.8. The van der Waals surface area contributed by atoms with Crippen molar-refractivity contribution in [1.29, 1.82) is 0 Å². The lowest BCUT2D eigenvalue weighted by Gasteiger charge is -2.24. The van der Waals surface area contributed by atoms with Crippen LogP contribution in [0.15, 0.2) is 36.5 Å². The van der Waals surface area contributed by atoms with Gasteiger partial charge in [-0.15, -0.1) is 0 Å². The lowest BCUT2D eigenvalue weighted by atomic mass is 10.0. The van der Waals surface area contributed by atoms with Crippen molar-refractivity contribution in [3.8, 4) is 0 Å². The lowest BCUT2D eigenvalue weighted by molar-refractivity contribution is -0.124. The molecule has 0 spiro atoms. The summed E-state index contributed by atoms with van der Waals surface area (Å²) in [6.45, 7) is 3.93. The van der Waals surface area contributed by atoms with Crippen LogP contribution in [0.25, 0.3) is 0 Å². The number of phosphoric acid groups is 1. The molecule has 0 aliphatic heterocycles. The summed E-state index contributed by atoms with van der Waals surface area (Å²) >= 11 is 0. The first-order valence-electron chi connectivity index (χ1n) is 21.7. The summed E-state index contributed by atoms with van der Waals surface area (Å²) < 4.78 is 22.0. The van der Waals surface area contributed by atoms with E-state index >= 15 is 0 Å². The Balaban J connectivity index is 4.34. The molecule has 0 aromatic carbocycles. The van der Waals surface area contributed by atoms with Crippen molar-refractivity contribution in [3.63, 3.8) is 0 Å². The zero-order chi connectivity index (χ0) is 39.1. The van der Waals surface area contributed by atoms with Gasteiger partial charge in [0.15, 0.2) is 0 Å². The van der Waals surface area contributed by atoms with E-state index in [2.05, 4.69) is 43.5 Å². The van der Waals surface area contributed by atoms with E-state index in [4.69, 9.17) is 14.8 Å². The summed E-state index contributed by atoms with van der Waals surface area (Å²) in [5, 5.41) is 24.0. The van der Waals surface area contributed by atoms with Crippen molar-refractivity contribution in [1.82, 2.24) is 5.32 Å². The van der Waals surface area contributed by atoms with Gasteiger partial charge in [0.25, 0.3) is 0 Å². The van der Waals surface area contributed by atoms with Crippen molar-refractivity contribution >= 4 is 13.7 Å². The number of aliphatic hydroxyl groups is 2. The number of rotatable bonds is 40. The molecule has 0 saturated carbocycles. The number of phosphoric ester groups is 1. The van der Waals surface area contributed by atoms with Gasteiger partial charge in [-0.3, -0.25) is 13.8 Å². The molecule has 0 heterocycles. The van der Waals surface area contributed by atoms with Crippen LogP contribution >= 0.6 is 7.82 Å². The van der Waals surface area contributed by atoms with Crippen LogP contribution in [-0.4, -0.2) is 59.0 Å². The highest BCUT2D eigenvalue weighted by Crippen LogP contribution is 2.43. The Kier molecular flexibility index (Phi) is 38.0. The zero-order valence-corrected chi connectivity index (χ0v) is 35.0. The average molecular weight is 771 g/mol. The maximum Gasteiger partial charge on any atom is 0.472 e. The fourth-order valence-electron chi connectivity index (χ4n) is 6.19. The number of nitrogens with two attached hydrogens (primary N) is 1. The molecular weight excluding hydrogens is 687 g/mol. The molecule has 9 nitrogen and oxygen atoms in total. The van der Waals surface area contributed by atoms with Crippen LogP contribution in [0.1, 0.15) is 194 Å². The predicted molar refractivity (Wildman–Crippen MR) is 223 cm³/mol. The number of hydrogen-bond acceptors (Lipinski definition) is 7. The first-order valence-corrected chi connectivity index (χ1v) is 23.2. The third-order valence-corrected chi connectivity index (χ3v) is 10.5. The number of amides is 1. The number of carbonyl (C=O) groups excluding carboxylic acids is 1. The molecule has 4 unspecified atom stereocenters. The Hall–Kier alpha value is -1.32. The Morgan fingerprint density at radius 1 is 0.642 bits per heavy atom. The molecule has 10 heteroatoms. The summed E-state index contributed by atoms with van der Waals surface area (Å²) in [4.78, 5) is 22.7. The number of hydrogen-bond donors (Lipinski definition) is 5. The summed E-state index contributed by atoms with van der Waals surface area (Å²) in [5.74, 6) is -0.461. The molecule has 1 amide bonds. The molecule has 0 aromatic rings. The van der Waals surface area contributed by atoms with E-state index in [1.54, 1.807) is 6.08 Å². The van der Waals surface area contributed by atoms with Gasteiger partial charge in [0.1, 0.15) is 0 Å². The first kappa shape index (κ1) is 51.7. The SMILES string of the molecule is CCCCCCCCC/C=C/CC/C=C/C(O)C(COP(=O)(O)OCCN)NC(=O)CC(O)CCCCCCC/C=C\CCCCCCCCCCC. The summed E-state index contributed by atoms with van der Waals surface area (Å²) in [6, 6.07) is -1.00. The third kappa shape index (κ3) is 37.4. The Morgan fingerprint density at radius 3 is 1.57 bits per heavy atom. The lowest BCUT2D eigenvalue weighted by Crippen LogP contribution is -2.46. The van der Waals surface area contributed by atoms with Gasteiger partial charge in [-0.1, -0.05) is 166 Å². The second-order valence-electron chi connectivity index (χ2n) is 14.7. The van der Waals surface area contributed by atoms with Gasteiger partial charge in [0.2, 0.25) is 5.91 Å². The molecule has 0 bridgehead atoms. The molecule has 0 aliphatic carbocycles. The topological polar surface area (TPSA) is 151 Å². The van der Waals surface area contributed by atoms with Crippen molar-refractivity contribution in [2.45, 2.75) is 212 Å². The van der Waals surface area contributed by atoms with Gasteiger partial charge in [0, 0.05) is 6.54 Å². The Labute approximate surface area is 325 Å². The smallest absolute Gasteiger partial charge is 0.393 e. The highest BCUT2D eigenvalue weighted by Gasteiger charge is 2.27. The van der Waals surface area contributed by atoms with Crippen LogP contribution in [-0.2, 0) is 18.4 Å². The predicted octanol–water partition coefficient (Wildman–Crippen LogP) is 10.9. The fourth-order valence-corrected chi connectivity index (χ4v) is 6.95. The van der Waals surface area contributed by atoms with E-state index in [0.717, 1.165) is 44.9 Å². The summed E-state index contributed by atoms with van der Waals surface area (Å²) in [5.41, 5.74) is 5.35. The number of carbonyl (C=O) groups is 1. The number of nitrogens with one attached hydrogen (secondary N) is 1. The normalized spacial score (nSPS) is 15.1. The van der Waals surface area contributed by atoms with Crippen LogP contribution in [0.2, 0.25) is 0 Å². The van der Waals surface area contributed by atoms with E-state index in [1.165, 1.54) is 116 Å². The monoisotopic (exact) mass is 771 g/mol. The summed E-state index contributed by atoms with van der Waals surface area (Å²) in [6.07, 6.45) is 42.3. The molecule has 0 radical (unpaired) electrons. The number of unbranched alkanes of at least 4 members (excludes halogenated alkanes) is 22. The second-order valence-corrected chi connectivity index (χ2v) is 16.2. The summed E-state index contributed by atoms with van der Waals surface area (Å²) in [7, 11) is -4.41. The minimum Gasteiger partial charge on any atom is -0.393 e. The van der Waals surface area contributed by atoms with Crippen LogP contribution in [0.5, 0.6) is 0 Å². The van der Waals surface area contributed by atoms with Gasteiger partial charge in [-0.05, 0) is 57.8 Å².